The molecular weight excluding hydrogens is 270 g/mol. The van der Waals surface area contributed by atoms with Crippen LogP contribution < -0.4 is 0 Å². The molecule has 0 amide bonds. The molecule has 0 spiro atoms. The maximum Gasteiger partial charge on any atom is 0.163 e. The Labute approximate surface area is 114 Å². The highest BCUT2D eigenvalue weighted by Crippen LogP contribution is 2.15. The summed E-state index contributed by atoms with van der Waals surface area (Å²) < 4.78 is 26.0. The van der Waals surface area contributed by atoms with Crippen molar-refractivity contribution in [3.63, 3.8) is 0 Å². The molecule has 2 aromatic carbocycles. The Morgan fingerprint density at radius 2 is 1.74 bits per heavy atom. The van der Waals surface area contributed by atoms with Crippen LogP contribution in [-0.2, 0) is 6.42 Å². The smallest absolute Gasteiger partial charge is 0.163 e. The van der Waals surface area contributed by atoms with E-state index in [9.17, 15) is 13.6 Å². The first-order valence-corrected chi connectivity index (χ1v) is 6.16. The van der Waals surface area contributed by atoms with E-state index in [0.29, 0.717) is 11.4 Å². The SMILES string of the molecule is O=C(CCc1cccc(Cl)c1)c1cc(F)cc(F)c1. The maximum absolute atomic E-state index is 13.0. The molecule has 0 unspecified atom stereocenters. The van der Waals surface area contributed by atoms with Crippen LogP contribution in [-0.4, -0.2) is 5.78 Å². The van der Waals surface area contributed by atoms with E-state index in [1.807, 2.05) is 6.07 Å². The zero-order valence-corrected chi connectivity index (χ0v) is 10.8. The standard InChI is InChI=1S/C15H11ClF2O/c16-12-3-1-2-10(6-12)4-5-15(19)11-7-13(17)9-14(18)8-11/h1-3,6-9H,4-5H2. The number of carbonyl (C=O) groups is 1. The predicted octanol–water partition coefficient (Wildman–Crippen LogP) is 4.43. The summed E-state index contributed by atoms with van der Waals surface area (Å²) in [6.45, 7) is 0. The molecule has 0 fully saturated rings. The molecule has 0 bridgehead atoms. The lowest BCUT2D eigenvalue weighted by molar-refractivity contribution is 0.0982. The molecule has 0 heterocycles. The summed E-state index contributed by atoms with van der Waals surface area (Å²) in [6, 6.07) is 9.99. The van der Waals surface area contributed by atoms with E-state index >= 15 is 0 Å². The second-order valence-corrected chi connectivity index (χ2v) is 4.65. The highest BCUT2D eigenvalue weighted by Gasteiger charge is 2.09. The van der Waals surface area contributed by atoms with Gasteiger partial charge >= 0.3 is 0 Å². The van der Waals surface area contributed by atoms with Crippen LogP contribution in [0.4, 0.5) is 8.78 Å². The third-order valence-corrected chi connectivity index (χ3v) is 2.95. The molecule has 0 saturated heterocycles. The largest absolute Gasteiger partial charge is 0.294 e. The van der Waals surface area contributed by atoms with Crippen LogP contribution in [0.5, 0.6) is 0 Å². The van der Waals surface area contributed by atoms with Gasteiger partial charge in [-0.05, 0) is 36.2 Å². The van der Waals surface area contributed by atoms with Gasteiger partial charge in [0, 0.05) is 23.1 Å². The second kappa shape index (κ2) is 5.93. The van der Waals surface area contributed by atoms with E-state index < -0.39 is 11.6 Å². The summed E-state index contributed by atoms with van der Waals surface area (Å²) in [5, 5.41) is 0.599. The fourth-order valence-corrected chi connectivity index (χ4v) is 2.02. The number of rotatable bonds is 4. The lowest BCUT2D eigenvalue weighted by Crippen LogP contribution is -2.02. The van der Waals surface area contributed by atoms with E-state index in [4.69, 9.17) is 11.6 Å². The number of benzene rings is 2. The first kappa shape index (κ1) is 13.7. The van der Waals surface area contributed by atoms with Gasteiger partial charge in [0.1, 0.15) is 11.6 Å². The number of Topliss-reactive ketones (excluding diaryl/α,β-unsaturated/α-hetero) is 1. The van der Waals surface area contributed by atoms with Crippen molar-refractivity contribution in [2.45, 2.75) is 12.8 Å². The number of halogens is 3. The molecule has 19 heavy (non-hydrogen) atoms. The molecule has 0 aliphatic carbocycles. The molecule has 2 aromatic rings. The monoisotopic (exact) mass is 280 g/mol. The van der Waals surface area contributed by atoms with E-state index in [1.54, 1.807) is 18.2 Å². The Kier molecular flexibility index (Phi) is 4.27. The number of hydrogen-bond acceptors (Lipinski definition) is 1. The minimum absolute atomic E-state index is 0.0551. The van der Waals surface area contributed by atoms with Crippen LogP contribution in [0.25, 0.3) is 0 Å². The lowest BCUT2D eigenvalue weighted by atomic mass is 10.0. The van der Waals surface area contributed by atoms with Gasteiger partial charge in [-0.25, -0.2) is 8.78 Å². The van der Waals surface area contributed by atoms with Crippen LogP contribution in [0.15, 0.2) is 42.5 Å². The summed E-state index contributed by atoms with van der Waals surface area (Å²) in [4.78, 5) is 11.8. The molecule has 98 valence electrons. The van der Waals surface area contributed by atoms with E-state index in [0.717, 1.165) is 23.8 Å². The van der Waals surface area contributed by atoms with Crippen molar-refractivity contribution in [1.82, 2.24) is 0 Å². The maximum atomic E-state index is 13.0. The summed E-state index contributed by atoms with van der Waals surface area (Å²) in [6.07, 6.45) is 0.667. The topological polar surface area (TPSA) is 17.1 Å². The fourth-order valence-electron chi connectivity index (χ4n) is 1.81. The Hall–Kier alpha value is -1.74. The van der Waals surface area contributed by atoms with Crippen molar-refractivity contribution in [2.75, 3.05) is 0 Å². The van der Waals surface area contributed by atoms with Gasteiger partial charge in [0.05, 0.1) is 0 Å². The fraction of sp³-hybridized carbons (Fsp3) is 0.133. The van der Waals surface area contributed by atoms with Crippen molar-refractivity contribution >= 4 is 17.4 Å². The Balaban J connectivity index is 2.05. The highest BCUT2D eigenvalue weighted by atomic mass is 35.5. The van der Waals surface area contributed by atoms with Crippen LogP contribution >= 0.6 is 11.6 Å². The lowest BCUT2D eigenvalue weighted by Gasteiger charge is -2.03. The Morgan fingerprint density at radius 3 is 2.37 bits per heavy atom. The molecule has 1 nitrogen and oxygen atoms in total. The number of ketones is 1. The van der Waals surface area contributed by atoms with Gasteiger partial charge in [0.15, 0.2) is 5.78 Å². The molecule has 0 saturated carbocycles. The summed E-state index contributed by atoms with van der Waals surface area (Å²) in [7, 11) is 0. The van der Waals surface area contributed by atoms with Gasteiger partial charge in [0.2, 0.25) is 0 Å². The van der Waals surface area contributed by atoms with Crippen LogP contribution in [0.2, 0.25) is 5.02 Å². The van der Waals surface area contributed by atoms with Gasteiger partial charge in [-0.15, -0.1) is 0 Å². The number of carbonyl (C=O) groups excluding carboxylic acids is 1. The quantitative estimate of drug-likeness (QED) is 0.757. The first-order valence-electron chi connectivity index (χ1n) is 5.78. The van der Waals surface area contributed by atoms with Crippen molar-refractivity contribution in [3.05, 3.63) is 70.2 Å². The van der Waals surface area contributed by atoms with Crippen molar-refractivity contribution < 1.29 is 13.6 Å². The zero-order chi connectivity index (χ0) is 13.8. The molecule has 0 N–H and O–H groups in total. The molecule has 0 atom stereocenters. The summed E-state index contributed by atoms with van der Waals surface area (Å²) in [5.74, 6) is -1.78. The van der Waals surface area contributed by atoms with Crippen molar-refractivity contribution in [3.8, 4) is 0 Å². The van der Waals surface area contributed by atoms with Crippen molar-refractivity contribution in [1.29, 1.82) is 0 Å². The molecule has 0 aromatic heterocycles. The van der Waals surface area contributed by atoms with Crippen LogP contribution in [0.3, 0.4) is 0 Å². The van der Waals surface area contributed by atoms with Crippen molar-refractivity contribution in [2.24, 2.45) is 0 Å². The molecule has 0 radical (unpaired) electrons. The molecule has 0 aliphatic heterocycles. The predicted molar refractivity (Wildman–Crippen MR) is 70.5 cm³/mol. The minimum Gasteiger partial charge on any atom is -0.294 e. The van der Waals surface area contributed by atoms with Gasteiger partial charge in [-0.1, -0.05) is 23.7 Å². The van der Waals surface area contributed by atoms with Crippen LogP contribution in [0, 0.1) is 11.6 Å². The van der Waals surface area contributed by atoms with E-state index in [2.05, 4.69) is 0 Å². The summed E-state index contributed by atoms with van der Waals surface area (Å²) in [5.41, 5.74) is 0.970. The first-order chi connectivity index (χ1) is 9.04. The normalized spacial score (nSPS) is 10.5. The average Bonchev–Trinajstić information content (AvgIpc) is 2.35. The van der Waals surface area contributed by atoms with Crippen LogP contribution in [0.1, 0.15) is 22.3 Å². The Bertz CT molecular complexity index is 591. The summed E-state index contributed by atoms with van der Waals surface area (Å²) >= 11 is 5.83. The van der Waals surface area contributed by atoms with Gasteiger partial charge in [0.25, 0.3) is 0 Å². The molecule has 0 aliphatic rings. The molecular formula is C15H11ClF2O. The van der Waals surface area contributed by atoms with Gasteiger partial charge < -0.3 is 0 Å². The van der Waals surface area contributed by atoms with Gasteiger partial charge in [-0.3, -0.25) is 4.79 Å². The Morgan fingerprint density at radius 1 is 1.05 bits per heavy atom. The molecule has 2 rings (SSSR count). The molecule has 4 heteroatoms. The average molecular weight is 281 g/mol. The third kappa shape index (κ3) is 3.86. The number of hydrogen-bond donors (Lipinski definition) is 0. The number of aryl methyl sites for hydroxylation is 1. The second-order valence-electron chi connectivity index (χ2n) is 4.21. The zero-order valence-electron chi connectivity index (χ0n) is 10.00. The van der Waals surface area contributed by atoms with Gasteiger partial charge in [-0.2, -0.15) is 0 Å². The highest BCUT2D eigenvalue weighted by molar-refractivity contribution is 6.30. The third-order valence-electron chi connectivity index (χ3n) is 2.71. The van der Waals surface area contributed by atoms with E-state index in [1.165, 1.54) is 0 Å². The van der Waals surface area contributed by atoms with E-state index in [-0.39, 0.29) is 17.8 Å². The minimum atomic E-state index is -0.744.